The summed E-state index contributed by atoms with van der Waals surface area (Å²) in [6.45, 7) is 0.255. The topological polar surface area (TPSA) is 168 Å². The zero-order valence-electron chi connectivity index (χ0n) is 15.0. The third-order valence-corrected chi connectivity index (χ3v) is 5.59. The molecule has 2 unspecified atom stereocenters. The van der Waals surface area contributed by atoms with E-state index in [2.05, 4.69) is 41.3 Å². The summed E-state index contributed by atoms with van der Waals surface area (Å²) in [6.07, 6.45) is 2.25. The molecule has 0 bridgehead atoms. The number of benzene rings is 1. The Bertz CT molecular complexity index is 1000. The predicted molar refractivity (Wildman–Crippen MR) is 105 cm³/mol. The van der Waals surface area contributed by atoms with Crippen molar-refractivity contribution >= 4 is 43.5 Å². The Labute approximate surface area is 174 Å². The number of amidine groups is 1. The highest BCUT2D eigenvalue weighted by molar-refractivity contribution is 9.10. The molecule has 0 aliphatic heterocycles. The first-order chi connectivity index (χ1) is 13.7. The van der Waals surface area contributed by atoms with Crippen LogP contribution in [0.15, 0.2) is 32.3 Å². The van der Waals surface area contributed by atoms with E-state index in [1.807, 2.05) is 5.48 Å². The van der Waals surface area contributed by atoms with Gasteiger partial charge < -0.3 is 5.32 Å². The van der Waals surface area contributed by atoms with Crippen LogP contribution in [0.5, 0.6) is 0 Å². The molecule has 1 aromatic carbocycles. The van der Waals surface area contributed by atoms with E-state index in [4.69, 9.17) is 9.77 Å². The average Bonchev–Trinajstić information content (AvgIpc) is 3.30. The summed E-state index contributed by atoms with van der Waals surface area (Å²) in [7, 11) is -3.72. The summed E-state index contributed by atoms with van der Waals surface area (Å²) in [5, 5.41) is 25.2. The third-order valence-electron chi connectivity index (χ3n) is 4.42. The van der Waals surface area contributed by atoms with Gasteiger partial charge in [0.25, 0.3) is 10.2 Å². The quantitative estimate of drug-likeness (QED) is 0.220. The minimum Gasteiger partial charge on any atom is -0.362 e. The Morgan fingerprint density at radius 1 is 1.41 bits per heavy atom. The maximum atomic E-state index is 13.4. The molecule has 3 rings (SSSR count). The molecule has 6 N–H and O–H groups in total. The van der Waals surface area contributed by atoms with Crippen LogP contribution in [0.3, 0.4) is 0 Å². The van der Waals surface area contributed by atoms with Crippen molar-refractivity contribution in [2.75, 3.05) is 11.9 Å². The molecule has 1 aliphatic rings. The normalized spacial score (nSPS) is 20.1. The lowest BCUT2D eigenvalue weighted by atomic mass is 10.1. The van der Waals surface area contributed by atoms with Crippen molar-refractivity contribution in [2.45, 2.75) is 25.3 Å². The summed E-state index contributed by atoms with van der Waals surface area (Å²) in [5.41, 5.74) is 2.44. The SMILES string of the molecule is NS(=O)(=O)NCC1CCC(Nc2nonc2C(=Nc2ccc(F)c(Br)c2)NO)C1. The van der Waals surface area contributed by atoms with Crippen molar-refractivity contribution in [2.24, 2.45) is 16.0 Å². The Balaban J connectivity index is 1.70. The highest BCUT2D eigenvalue weighted by atomic mass is 79.9. The monoisotopic (exact) mass is 491 g/mol. The predicted octanol–water partition coefficient (Wildman–Crippen LogP) is 1.40. The number of rotatable bonds is 7. The number of hydrogen-bond acceptors (Lipinski definition) is 8. The van der Waals surface area contributed by atoms with Crippen molar-refractivity contribution in [3.8, 4) is 0 Å². The molecule has 158 valence electrons. The first kappa shape index (κ1) is 21.6. The van der Waals surface area contributed by atoms with Gasteiger partial charge >= 0.3 is 0 Å². The van der Waals surface area contributed by atoms with Crippen LogP contribution in [0.1, 0.15) is 25.0 Å². The molecule has 1 fully saturated rings. The van der Waals surface area contributed by atoms with E-state index in [0.29, 0.717) is 12.1 Å². The van der Waals surface area contributed by atoms with Crippen LogP contribution in [-0.4, -0.2) is 42.4 Å². The van der Waals surface area contributed by atoms with Crippen molar-refractivity contribution in [3.63, 3.8) is 0 Å². The lowest BCUT2D eigenvalue weighted by molar-refractivity contribution is 0.234. The fraction of sp³-hybridized carbons (Fsp3) is 0.400. The number of hydrogen-bond donors (Lipinski definition) is 5. The van der Waals surface area contributed by atoms with Gasteiger partial charge in [0.05, 0.1) is 10.2 Å². The Kier molecular flexibility index (Phi) is 6.79. The minimum absolute atomic E-state index is 0.00663. The van der Waals surface area contributed by atoms with Crippen LogP contribution < -0.4 is 20.7 Å². The first-order valence-electron chi connectivity index (χ1n) is 8.56. The second-order valence-corrected chi connectivity index (χ2v) is 8.78. The molecule has 0 amide bonds. The van der Waals surface area contributed by atoms with E-state index in [9.17, 15) is 18.0 Å². The highest BCUT2D eigenvalue weighted by Crippen LogP contribution is 2.28. The number of halogens is 2. The molecule has 0 radical (unpaired) electrons. The number of nitrogens with zero attached hydrogens (tertiary/aromatic N) is 3. The molecule has 0 saturated heterocycles. The maximum absolute atomic E-state index is 13.4. The van der Waals surface area contributed by atoms with E-state index < -0.39 is 16.0 Å². The summed E-state index contributed by atoms with van der Waals surface area (Å²) < 4.78 is 42.7. The van der Waals surface area contributed by atoms with Crippen LogP contribution in [0.4, 0.5) is 15.9 Å². The molecule has 1 saturated carbocycles. The molecule has 14 heteroatoms. The average molecular weight is 492 g/mol. The molecule has 0 spiro atoms. The van der Waals surface area contributed by atoms with Crippen molar-refractivity contribution < 1.29 is 22.6 Å². The molecule has 1 aliphatic carbocycles. The van der Waals surface area contributed by atoms with Gasteiger partial charge in [-0.2, -0.15) is 8.42 Å². The van der Waals surface area contributed by atoms with Gasteiger partial charge in [0.15, 0.2) is 11.5 Å². The highest BCUT2D eigenvalue weighted by Gasteiger charge is 2.28. The fourth-order valence-corrected chi connectivity index (χ4v) is 3.91. The van der Waals surface area contributed by atoms with Gasteiger partial charge in [-0.15, -0.1) is 0 Å². The standard InChI is InChI=1S/C15H19BrFN7O4S/c16-11-6-10(3-4-12(11)17)20-14(22-25)13-15(24-28-23-13)21-9-2-1-8(5-9)7-19-29(18,26)27/h3-4,6,8-9,19,25H,1-2,5,7H2,(H,20,22)(H,21,24)(H2,18,26,27). The molecule has 2 atom stereocenters. The van der Waals surface area contributed by atoms with E-state index in [-0.39, 0.29) is 40.3 Å². The molecule has 29 heavy (non-hydrogen) atoms. The second kappa shape index (κ2) is 9.13. The number of anilines is 1. The van der Waals surface area contributed by atoms with Crippen LogP contribution in [-0.2, 0) is 10.2 Å². The Morgan fingerprint density at radius 3 is 2.90 bits per heavy atom. The van der Waals surface area contributed by atoms with Gasteiger partial charge in [0, 0.05) is 12.6 Å². The van der Waals surface area contributed by atoms with E-state index >= 15 is 0 Å². The number of hydroxylamine groups is 1. The van der Waals surface area contributed by atoms with Crippen molar-refractivity contribution in [3.05, 3.63) is 34.2 Å². The van der Waals surface area contributed by atoms with E-state index in [0.717, 1.165) is 12.8 Å². The number of nitrogens with two attached hydrogens (primary N) is 1. The zero-order valence-corrected chi connectivity index (χ0v) is 17.4. The number of nitrogens with one attached hydrogen (secondary N) is 3. The molecule has 1 aromatic heterocycles. The van der Waals surface area contributed by atoms with Gasteiger partial charge in [-0.3, -0.25) is 10.7 Å². The molecular weight excluding hydrogens is 473 g/mol. The number of aliphatic imine (C=N–C) groups is 1. The summed E-state index contributed by atoms with van der Waals surface area (Å²) in [4.78, 5) is 4.19. The second-order valence-electron chi connectivity index (χ2n) is 6.55. The summed E-state index contributed by atoms with van der Waals surface area (Å²) in [6, 6.07) is 4.09. The van der Waals surface area contributed by atoms with Crippen molar-refractivity contribution in [1.82, 2.24) is 20.5 Å². The van der Waals surface area contributed by atoms with Gasteiger partial charge in [0.2, 0.25) is 5.82 Å². The lowest BCUT2D eigenvalue weighted by Gasteiger charge is -2.13. The van der Waals surface area contributed by atoms with Crippen LogP contribution in [0.25, 0.3) is 0 Å². The summed E-state index contributed by atoms with van der Waals surface area (Å²) in [5.74, 6) is -0.107. The Morgan fingerprint density at radius 2 is 2.21 bits per heavy atom. The minimum atomic E-state index is -3.72. The van der Waals surface area contributed by atoms with Crippen LogP contribution in [0, 0.1) is 11.7 Å². The lowest BCUT2D eigenvalue weighted by Crippen LogP contribution is -2.34. The van der Waals surface area contributed by atoms with Crippen molar-refractivity contribution in [1.29, 1.82) is 0 Å². The van der Waals surface area contributed by atoms with E-state index in [1.54, 1.807) is 0 Å². The molecule has 2 aromatic rings. The van der Waals surface area contributed by atoms with Crippen LogP contribution >= 0.6 is 15.9 Å². The third kappa shape index (κ3) is 5.93. The Hall–Kier alpha value is -2.13. The van der Waals surface area contributed by atoms with Gasteiger partial charge in [-0.1, -0.05) is 0 Å². The fourth-order valence-electron chi connectivity index (χ4n) is 3.07. The zero-order chi connectivity index (χ0) is 21.0. The van der Waals surface area contributed by atoms with Gasteiger partial charge in [0.1, 0.15) is 5.82 Å². The molecular formula is C15H19BrFN7O4S. The number of aromatic nitrogens is 2. The van der Waals surface area contributed by atoms with Gasteiger partial charge in [-0.05, 0) is 69.6 Å². The summed E-state index contributed by atoms with van der Waals surface area (Å²) >= 11 is 3.07. The molecule has 1 heterocycles. The maximum Gasteiger partial charge on any atom is 0.274 e. The molecule has 11 nitrogen and oxygen atoms in total. The smallest absolute Gasteiger partial charge is 0.274 e. The largest absolute Gasteiger partial charge is 0.362 e. The van der Waals surface area contributed by atoms with E-state index in [1.165, 1.54) is 18.2 Å². The van der Waals surface area contributed by atoms with Gasteiger partial charge in [-0.25, -0.2) is 23.9 Å². The first-order valence-corrected chi connectivity index (χ1v) is 10.9. The van der Waals surface area contributed by atoms with Crippen LogP contribution in [0.2, 0.25) is 0 Å².